The summed E-state index contributed by atoms with van der Waals surface area (Å²) >= 11 is 0. The van der Waals surface area contributed by atoms with Crippen molar-refractivity contribution in [2.45, 2.75) is 53.9 Å². The van der Waals surface area contributed by atoms with Crippen molar-refractivity contribution in [2.75, 3.05) is 19.6 Å². The minimum absolute atomic E-state index is 0.849. The van der Waals surface area contributed by atoms with Crippen LogP contribution in [0.2, 0.25) is 0 Å². The fraction of sp³-hybridized carbons (Fsp3) is 1.00. The van der Waals surface area contributed by atoms with Gasteiger partial charge in [-0.1, -0.05) is 41.0 Å². The topological polar surface area (TPSA) is 3.24 Å². The first-order valence-electron chi connectivity index (χ1n) is 7.28. The molecule has 0 amide bonds. The molecule has 0 spiro atoms. The smallest absolute Gasteiger partial charge is 0.000966 e. The Balaban J connectivity index is 2.36. The van der Waals surface area contributed by atoms with Gasteiger partial charge < -0.3 is 4.90 Å². The van der Waals surface area contributed by atoms with Gasteiger partial charge in [0.2, 0.25) is 0 Å². The van der Waals surface area contributed by atoms with E-state index in [2.05, 4.69) is 39.5 Å². The highest BCUT2D eigenvalue weighted by Crippen LogP contribution is 2.29. The van der Waals surface area contributed by atoms with Gasteiger partial charge in [0.1, 0.15) is 0 Å². The third-order valence-corrected chi connectivity index (χ3v) is 5.01. The standard InChI is InChI=1S/C15H31N/c1-6-12(2)14(4)15(5)13(3)11-16-9-7-8-10-16/h12-15H,6-11H2,1-5H3. The molecular weight excluding hydrogens is 194 g/mol. The number of hydrogen-bond donors (Lipinski definition) is 0. The van der Waals surface area contributed by atoms with Crippen molar-refractivity contribution in [1.82, 2.24) is 4.90 Å². The van der Waals surface area contributed by atoms with Gasteiger partial charge in [0, 0.05) is 6.54 Å². The Morgan fingerprint density at radius 3 is 1.88 bits per heavy atom. The zero-order chi connectivity index (χ0) is 12.1. The van der Waals surface area contributed by atoms with E-state index < -0.39 is 0 Å². The third-order valence-electron chi connectivity index (χ3n) is 5.01. The van der Waals surface area contributed by atoms with Crippen molar-refractivity contribution in [3.05, 3.63) is 0 Å². The predicted molar refractivity (Wildman–Crippen MR) is 72.6 cm³/mol. The monoisotopic (exact) mass is 225 g/mol. The zero-order valence-corrected chi connectivity index (χ0v) is 12.0. The average Bonchev–Trinajstić information content (AvgIpc) is 2.78. The second-order valence-corrected chi connectivity index (χ2v) is 6.09. The normalized spacial score (nSPS) is 25.3. The van der Waals surface area contributed by atoms with Gasteiger partial charge in [-0.2, -0.15) is 0 Å². The lowest BCUT2D eigenvalue weighted by Gasteiger charge is -2.32. The lowest BCUT2D eigenvalue weighted by Crippen LogP contribution is -2.32. The molecule has 0 radical (unpaired) electrons. The predicted octanol–water partition coefficient (Wildman–Crippen LogP) is 4.04. The third kappa shape index (κ3) is 3.76. The first-order valence-corrected chi connectivity index (χ1v) is 7.28. The molecular formula is C15H31N. The maximum absolute atomic E-state index is 2.66. The van der Waals surface area contributed by atoms with Crippen LogP contribution in [-0.4, -0.2) is 24.5 Å². The van der Waals surface area contributed by atoms with Crippen LogP contribution < -0.4 is 0 Å². The highest BCUT2D eigenvalue weighted by molar-refractivity contribution is 4.76. The summed E-state index contributed by atoms with van der Waals surface area (Å²) in [5, 5.41) is 0. The number of hydrogen-bond acceptors (Lipinski definition) is 1. The van der Waals surface area contributed by atoms with Gasteiger partial charge in [0.05, 0.1) is 0 Å². The Morgan fingerprint density at radius 2 is 1.38 bits per heavy atom. The van der Waals surface area contributed by atoms with Crippen molar-refractivity contribution in [2.24, 2.45) is 23.7 Å². The molecule has 0 N–H and O–H groups in total. The molecule has 1 nitrogen and oxygen atoms in total. The lowest BCUT2D eigenvalue weighted by atomic mass is 9.77. The van der Waals surface area contributed by atoms with Crippen LogP contribution in [0.4, 0.5) is 0 Å². The quantitative estimate of drug-likeness (QED) is 0.659. The van der Waals surface area contributed by atoms with E-state index in [0.29, 0.717) is 0 Å². The van der Waals surface area contributed by atoms with Crippen LogP contribution in [0.1, 0.15) is 53.9 Å². The van der Waals surface area contributed by atoms with Gasteiger partial charge >= 0.3 is 0 Å². The molecule has 1 aliphatic rings. The molecule has 1 saturated heterocycles. The van der Waals surface area contributed by atoms with Crippen molar-refractivity contribution in [1.29, 1.82) is 0 Å². The molecule has 96 valence electrons. The van der Waals surface area contributed by atoms with E-state index >= 15 is 0 Å². The average molecular weight is 225 g/mol. The van der Waals surface area contributed by atoms with Crippen molar-refractivity contribution < 1.29 is 0 Å². The number of nitrogens with zero attached hydrogens (tertiary/aromatic N) is 1. The Morgan fingerprint density at radius 1 is 0.875 bits per heavy atom. The van der Waals surface area contributed by atoms with Gasteiger partial charge in [-0.05, 0) is 49.6 Å². The Hall–Kier alpha value is -0.0400. The first-order chi connectivity index (χ1) is 7.56. The number of rotatable bonds is 6. The van der Waals surface area contributed by atoms with E-state index in [4.69, 9.17) is 0 Å². The van der Waals surface area contributed by atoms with E-state index in [-0.39, 0.29) is 0 Å². The summed E-state index contributed by atoms with van der Waals surface area (Å²) in [6.07, 6.45) is 4.16. The van der Waals surface area contributed by atoms with Crippen LogP contribution in [0, 0.1) is 23.7 Å². The Bertz CT molecular complexity index is 184. The van der Waals surface area contributed by atoms with Gasteiger partial charge in [0.25, 0.3) is 0 Å². The molecule has 0 aromatic rings. The molecule has 4 unspecified atom stereocenters. The molecule has 1 heterocycles. The van der Waals surface area contributed by atoms with Crippen molar-refractivity contribution in [3.8, 4) is 0 Å². The van der Waals surface area contributed by atoms with E-state index in [1.807, 2.05) is 0 Å². The highest BCUT2D eigenvalue weighted by Gasteiger charge is 2.25. The second-order valence-electron chi connectivity index (χ2n) is 6.09. The maximum atomic E-state index is 2.66. The van der Waals surface area contributed by atoms with Gasteiger partial charge in [-0.3, -0.25) is 0 Å². The number of likely N-dealkylation sites (tertiary alicyclic amines) is 1. The Kier molecular flexibility index (Phi) is 5.82. The van der Waals surface area contributed by atoms with E-state index in [9.17, 15) is 0 Å². The molecule has 4 atom stereocenters. The summed E-state index contributed by atoms with van der Waals surface area (Å²) in [5.41, 5.74) is 0. The summed E-state index contributed by atoms with van der Waals surface area (Å²) < 4.78 is 0. The molecule has 0 bridgehead atoms. The lowest BCUT2D eigenvalue weighted by molar-refractivity contribution is 0.166. The molecule has 1 rings (SSSR count). The van der Waals surface area contributed by atoms with E-state index in [1.54, 1.807) is 0 Å². The van der Waals surface area contributed by atoms with Gasteiger partial charge in [-0.15, -0.1) is 0 Å². The minimum Gasteiger partial charge on any atom is -0.303 e. The molecule has 0 aromatic carbocycles. The summed E-state index contributed by atoms with van der Waals surface area (Å²) in [7, 11) is 0. The van der Waals surface area contributed by atoms with Crippen molar-refractivity contribution in [3.63, 3.8) is 0 Å². The highest BCUT2D eigenvalue weighted by atomic mass is 15.1. The summed E-state index contributed by atoms with van der Waals surface area (Å²) in [4.78, 5) is 2.66. The summed E-state index contributed by atoms with van der Waals surface area (Å²) in [6.45, 7) is 16.1. The maximum Gasteiger partial charge on any atom is 0.000966 e. The fourth-order valence-corrected chi connectivity index (χ4v) is 2.95. The Labute approximate surface area is 103 Å². The molecule has 1 aliphatic heterocycles. The van der Waals surface area contributed by atoms with Crippen molar-refractivity contribution >= 4 is 0 Å². The fourth-order valence-electron chi connectivity index (χ4n) is 2.95. The summed E-state index contributed by atoms with van der Waals surface area (Å²) in [6, 6.07) is 0. The molecule has 1 fully saturated rings. The van der Waals surface area contributed by atoms with Crippen LogP contribution >= 0.6 is 0 Å². The first kappa shape index (κ1) is 14.0. The van der Waals surface area contributed by atoms with Gasteiger partial charge in [0.15, 0.2) is 0 Å². The summed E-state index contributed by atoms with van der Waals surface area (Å²) in [5.74, 6) is 3.44. The second kappa shape index (κ2) is 6.64. The van der Waals surface area contributed by atoms with Crippen LogP contribution in [0.25, 0.3) is 0 Å². The van der Waals surface area contributed by atoms with Crippen LogP contribution in [-0.2, 0) is 0 Å². The molecule has 1 heteroatoms. The van der Waals surface area contributed by atoms with Crippen LogP contribution in [0.5, 0.6) is 0 Å². The minimum atomic E-state index is 0.849. The van der Waals surface area contributed by atoms with E-state index in [1.165, 1.54) is 38.9 Å². The molecule has 16 heavy (non-hydrogen) atoms. The zero-order valence-electron chi connectivity index (χ0n) is 12.0. The molecule has 0 aromatic heterocycles. The SMILES string of the molecule is CCC(C)C(C)C(C)C(C)CN1CCCC1. The molecule has 0 saturated carbocycles. The van der Waals surface area contributed by atoms with Gasteiger partial charge in [-0.25, -0.2) is 0 Å². The van der Waals surface area contributed by atoms with E-state index in [0.717, 1.165) is 23.7 Å². The molecule has 0 aliphatic carbocycles. The van der Waals surface area contributed by atoms with Crippen LogP contribution in [0.15, 0.2) is 0 Å². The largest absolute Gasteiger partial charge is 0.303 e. The van der Waals surface area contributed by atoms with Crippen LogP contribution in [0.3, 0.4) is 0 Å².